The van der Waals surface area contributed by atoms with E-state index in [4.69, 9.17) is 4.74 Å². The molecule has 2 aliphatic rings. The lowest BCUT2D eigenvalue weighted by atomic mass is 9.90. The van der Waals surface area contributed by atoms with Gasteiger partial charge in [0.15, 0.2) is 0 Å². The number of nitrogens with one attached hydrogen (secondary N) is 1. The monoisotopic (exact) mass is 270 g/mol. The number of aliphatic hydroxyl groups excluding tert-OH is 1. The van der Waals surface area contributed by atoms with Crippen LogP contribution in [-0.2, 0) is 9.53 Å². The summed E-state index contributed by atoms with van der Waals surface area (Å²) in [5.74, 6) is 0.816. The molecule has 0 aromatic carbocycles. The van der Waals surface area contributed by atoms with Gasteiger partial charge in [-0.05, 0) is 32.7 Å². The van der Waals surface area contributed by atoms with E-state index in [2.05, 4.69) is 12.2 Å². The summed E-state index contributed by atoms with van der Waals surface area (Å²) in [7, 11) is 0. The van der Waals surface area contributed by atoms with Gasteiger partial charge in [0.1, 0.15) is 0 Å². The average Bonchev–Trinajstić information content (AvgIpc) is 2.36. The zero-order valence-corrected chi connectivity index (χ0v) is 12.2. The first kappa shape index (κ1) is 14.8. The molecule has 0 spiro atoms. The van der Waals surface area contributed by atoms with Crippen LogP contribution < -0.4 is 5.32 Å². The number of morpholine rings is 1. The van der Waals surface area contributed by atoms with Crippen LogP contribution in [0.25, 0.3) is 0 Å². The summed E-state index contributed by atoms with van der Waals surface area (Å²) in [6.07, 6.45) is 0.689. The van der Waals surface area contributed by atoms with Gasteiger partial charge in [-0.2, -0.15) is 0 Å². The van der Waals surface area contributed by atoms with Crippen LogP contribution in [-0.4, -0.2) is 60.4 Å². The third kappa shape index (κ3) is 3.68. The average molecular weight is 270 g/mol. The number of nitrogens with zero attached hydrogens (tertiary/aromatic N) is 1. The van der Waals surface area contributed by atoms with E-state index in [1.54, 1.807) is 0 Å². The molecule has 2 rings (SSSR count). The number of aliphatic hydroxyl groups is 1. The van der Waals surface area contributed by atoms with Gasteiger partial charge in [0.25, 0.3) is 0 Å². The molecule has 110 valence electrons. The number of piperidine rings is 1. The molecule has 0 saturated carbocycles. The van der Waals surface area contributed by atoms with Crippen molar-refractivity contribution in [3.8, 4) is 0 Å². The zero-order valence-electron chi connectivity index (χ0n) is 12.2. The SMILES string of the molecule is CC1CNCC(C(=O)N2CC(CO)OC(C)(C)C2)C1. The molecule has 2 heterocycles. The van der Waals surface area contributed by atoms with Crippen molar-refractivity contribution in [3.05, 3.63) is 0 Å². The molecule has 0 radical (unpaired) electrons. The number of carbonyl (C=O) groups is 1. The Balaban J connectivity index is 2.01. The number of amides is 1. The van der Waals surface area contributed by atoms with E-state index in [9.17, 15) is 9.90 Å². The van der Waals surface area contributed by atoms with Crippen LogP contribution in [0.4, 0.5) is 0 Å². The van der Waals surface area contributed by atoms with E-state index in [0.29, 0.717) is 19.0 Å². The van der Waals surface area contributed by atoms with Crippen LogP contribution in [0.3, 0.4) is 0 Å². The van der Waals surface area contributed by atoms with Crippen LogP contribution in [0.15, 0.2) is 0 Å². The van der Waals surface area contributed by atoms with E-state index in [1.165, 1.54) is 0 Å². The third-order valence-electron chi connectivity index (χ3n) is 3.92. The highest BCUT2D eigenvalue weighted by Crippen LogP contribution is 2.25. The number of hydrogen-bond donors (Lipinski definition) is 2. The molecule has 2 aliphatic heterocycles. The van der Waals surface area contributed by atoms with Gasteiger partial charge in [-0.25, -0.2) is 0 Å². The largest absolute Gasteiger partial charge is 0.394 e. The smallest absolute Gasteiger partial charge is 0.227 e. The van der Waals surface area contributed by atoms with Gasteiger partial charge in [0.2, 0.25) is 5.91 Å². The fourth-order valence-corrected chi connectivity index (χ4v) is 3.16. The van der Waals surface area contributed by atoms with Crippen molar-refractivity contribution in [2.24, 2.45) is 11.8 Å². The van der Waals surface area contributed by atoms with Crippen molar-refractivity contribution >= 4 is 5.91 Å². The molecule has 19 heavy (non-hydrogen) atoms. The second-order valence-corrected chi connectivity index (χ2v) is 6.60. The predicted molar refractivity (Wildman–Crippen MR) is 72.8 cm³/mol. The summed E-state index contributed by atoms with van der Waals surface area (Å²) >= 11 is 0. The lowest BCUT2D eigenvalue weighted by Crippen LogP contribution is -2.58. The Morgan fingerprint density at radius 3 is 2.84 bits per heavy atom. The minimum Gasteiger partial charge on any atom is -0.394 e. The first-order valence-corrected chi connectivity index (χ1v) is 7.19. The number of rotatable bonds is 2. The Hall–Kier alpha value is -0.650. The van der Waals surface area contributed by atoms with Crippen molar-refractivity contribution in [2.75, 3.05) is 32.8 Å². The number of carbonyl (C=O) groups excluding carboxylic acids is 1. The Kier molecular flexibility index (Phi) is 4.48. The standard InChI is InChI=1S/C14H26N2O3/c1-10-4-11(6-15-5-10)13(18)16-7-12(8-17)19-14(2,3)9-16/h10-12,15,17H,4-9H2,1-3H3. The number of ether oxygens (including phenoxy) is 1. The number of hydrogen-bond acceptors (Lipinski definition) is 4. The second kappa shape index (κ2) is 5.77. The Morgan fingerprint density at radius 1 is 1.47 bits per heavy atom. The van der Waals surface area contributed by atoms with Crippen LogP contribution in [0.5, 0.6) is 0 Å². The Morgan fingerprint density at radius 2 is 2.21 bits per heavy atom. The molecule has 0 bridgehead atoms. The van der Waals surface area contributed by atoms with Crippen molar-refractivity contribution in [2.45, 2.75) is 38.9 Å². The molecule has 1 amide bonds. The van der Waals surface area contributed by atoms with Gasteiger partial charge < -0.3 is 20.1 Å². The predicted octanol–water partition coefficient (Wildman–Crippen LogP) is 0.230. The molecular formula is C14H26N2O3. The van der Waals surface area contributed by atoms with Gasteiger partial charge in [-0.15, -0.1) is 0 Å². The molecule has 0 aliphatic carbocycles. The summed E-state index contributed by atoms with van der Waals surface area (Å²) < 4.78 is 5.75. The molecule has 5 heteroatoms. The van der Waals surface area contributed by atoms with Gasteiger partial charge in [0, 0.05) is 19.6 Å². The molecule has 2 saturated heterocycles. The van der Waals surface area contributed by atoms with Crippen molar-refractivity contribution < 1.29 is 14.6 Å². The van der Waals surface area contributed by atoms with E-state index in [1.807, 2.05) is 18.7 Å². The highest BCUT2D eigenvalue weighted by molar-refractivity contribution is 5.79. The maximum atomic E-state index is 12.6. The zero-order chi connectivity index (χ0) is 14.0. The maximum Gasteiger partial charge on any atom is 0.227 e. The molecule has 5 nitrogen and oxygen atoms in total. The van der Waals surface area contributed by atoms with E-state index < -0.39 is 0 Å². The maximum absolute atomic E-state index is 12.6. The lowest BCUT2D eigenvalue weighted by Gasteiger charge is -2.44. The quantitative estimate of drug-likeness (QED) is 0.754. The highest BCUT2D eigenvalue weighted by atomic mass is 16.5. The second-order valence-electron chi connectivity index (χ2n) is 6.60. The van der Waals surface area contributed by atoms with Crippen molar-refractivity contribution in [1.29, 1.82) is 0 Å². The first-order chi connectivity index (χ1) is 8.91. The van der Waals surface area contributed by atoms with Crippen molar-refractivity contribution in [1.82, 2.24) is 10.2 Å². The molecule has 0 aromatic heterocycles. The Labute approximate surface area is 115 Å². The van der Waals surface area contributed by atoms with E-state index in [-0.39, 0.29) is 30.1 Å². The third-order valence-corrected chi connectivity index (χ3v) is 3.92. The first-order valence-electron chi connectivity index (χ1n) is 7.19. The van der Waals surface area contributed by atoms with Crippen LogP contribution in [0.2, 0.25) is 0 Å². The fourth-order valence-electron chi connectivity index (χ4n) is 3.16. The minimum atomic E-state index is -0.380. The van der Waals surface area contributed by atoms with Gasteiger partial charge in [0.05, 0.1) is 24.2 Å². The fraction of sp³-hybridized carbons (Fsp3) is 0.929. The lowest BCUT2D eigenvalue weighted by molar-refractivity contribution is -0.170. The van der Waals surface area contributed by atoms with Gasteiger partial charge in [-0.3, -0.25) is 4.79 Å². The van der Waals surface area contributed by atoms with E-state index >= 15 is 0 Å². The van der Waals surface area contributed by atoms with Crippen LogP contribution in [0.1, 0.15) is 27.2 Å². The summed E-state index contributed by atoms with van der Waals surface area (Å²) in [5, 5.41) is 12.6. The summed E-state index contributed by atoms with van der Waals surface area (Å²) in [5.41, 5.74) is -0.380. The summed E-state index contributed by atoms with van der Waals surface area (Å²) in [6, 6.07) is 0. The molecule has 2 N–H and O–H groups in total. The van der Waals surface area contributed by atoms with Crippen LogP contribution in [0, 0.1) is 11.8 Å². The van der Waals surface area contributed by atoms with Gasteiger partial charge >= 0.3 is 0 Å². The minimum absolute atomic E-state index is 0.0352. The molecule has 2 fully saturated rings. The normalized spacial score (nSPS) is 35.2. The molecule has 3 unspecified atom stereocenters. The van der Waals surface area contributed by atoms with Crippen LogP contribution >= 0.6 is 0 Å². The topological polar surface area (TPSA) is 61.8 Å². The van der Waals surface area contributed by atoms with Gasteiger partial charge in [-0.1, -0.05) is 6.92 Å². The molecular weight excluding hydrogens is 244 g/mol. The Bertz CT molecular complexity index is 333. The highest BCUT2D eigenvalue weighted by Gasteiger charge is 2.38. The molecule has 0 aromatic rings. The van der Waals surface area contributed by atoms with E-state index in [0.717, 1.165) is 19.5 Å². The summed E-state index contributed by atoms with van der Waals surface area (Å²) in [4.78, 5) is 14.5. The molecule has 3 atom stereocenters. The van der Waals surface area contributed by atoms with Crippen molar-refractivity contribution in [3.63, 3.8) is 0 Å². The summed E-state index contributed by atoms with van der Waals surface area (Å²) in [6.45, 7) is 8.95.